The second-order valence-electron chi connectivity index (χ2n) is 5.59. The average molecular weight is 266 g/mol. The third-order valence-corrected chi connectivity index (χ3v) is 6.04. The van der Waals surface area contributed by atoms with Gasteiger partial charge in [-0.15, -0.1) is 0 Å². The summed E-state index contributed by atoms with van der Waals surface area (Å²) in [4.78, 5) is 0. The molecular formula is C14H18O3S. The smallest absolute Gasteiger partial charge is 0.153 e. The summed E-state index contributed by atoms with van der Waals surface area (Å²) in [5, 5.41) is 10.7. The minimum Gasteiger partial charge on any atom is -0.384 e. The maximum Gasteiger partial charge on any atom is 0.153 e. The molecule has 18 heavy (non-hydrogen) atoms. The molecule has 1 aromatic carbocycles. The molecule has 3 nitrogen and oxygen atoms in total. The van der Waals surface area contributed by atoms with Crippen molar-refractivity contribution in [3.63, 3.8) is 0 Å². The lowest BCUT2D eigenvalue weighted by atomic mass is 9.75. The van der Waals surface area contributed by atoms with E-state index < -0.39 is 15.4 Å². The number of hydrogen-bond donors (Lipinski definition) is 1. The van der Waals surface area contributed by atoms with E-state index in [1.807, 2.05) is 24.3 Å². The van der Waals surface area contributed by atoms with Gasteiger partial charge >= 0.3 is 0 Å². The Morgan fingerprint density at radius 1 is 1.22 bits per heavy atom. The molecule has 0 amide bonds. The van der Waals surface area contributed by atoms with Gasteiger partial charge in [-0.25, -0.2) is 8.42 Å². The summed E-state index contributed by atoms with van der Waals surface area (Å²) < 4.78 is 23.2. The second-order valence-corrected chi connectivity index (χ2v) is 7.77. The first-order valence-electron chi connectivity index (χ1n) is 6.52. The minimum atomic E-state index is -3.08. The van der Waals surface area contributed by atoms with E-state index in [0.29, 0.717) is 12.3 Å². The Hall–Kier alpha value is -0.870. The van der Waals surface area contributed by atoms with Crippen molar-refractivity contribution in [2.24, 2.45) is 0 Å². The number of aliphatic hydroxyl groups is 1. The van der Waals surface area contributed by atoms with Crippen LogP contribution in [0.5, 0.6) is 0 Å². The average Bonchev–Trinajstić information content (AvgIpc) is 2.52. The molecule has 2 aliphatic rings. The van der Waals surface area contributed by atoms with E-state index in [1.54, 1.807) is 0 Å². The van der Waals surface area contributed by atoms with Gasteiger partial charge in [0.1, 0.15) is 5.60 Å². The summed E-state index contributed by atoms with van der Waals surface area (Å²) in [6.45, 7) is 0. The van der Waals surface area contributed by atoms with Crippen LogP contribution in [0.2, 0.25) is 0 Å². The fourth-order valence-electron chi connectivity index (χ4n) is 3.04. The topological polar surface area (TPSA) is 54.4 Å². The van der Waals surface area contributed by atoms with E-state index in [-0.39, 0.29) is 11.5 Å². The first-order valence-corrected chi connectivity index (χ1v) is 8.35. The first-order chi connectivity index (χ1) is 8.50. The largest absolute Gasteiger partial charge is 0.384 e. The zero-order chi connectivity index (χ0) is 12.8. The van der Waals surface area contributed by atoms with Gasteiger partial charge in [0, 0.05) is 0 Å². The van der Waals surface area contributed by atoms with E-state index in [4.69, 9.17) is 0 Å². The standard InChI is InChI=1S/C14H18O3S/c15-14(8-9-18(16,17)10-14)13-7-2-1-6-12(13)11-4-3-5-11/h1-2,6-7,11,15H,3-5,8-10H2. The highest BCUT2D eigenvalue weighted by Crippen LogP contribution is 2.43. The van der Waals surface area contributed by atoms with Crippen LogP contribution in [0.1, 0.15) is 42.7 Å². The number of rotatable bonds is 2. The van der Waals surface area contributed by atoms with Gasteiger partial charge in [0.25, 0.3) is 0 Å². The lowest BCUT2D eigenvalue weighted by molar-refractivity contribution is 0.0634. The Morgan fingerprint density at radius 3 is 2.50 bits per heavy atom. The number of hydrogen-bond acceptors (Lipinski definition) is 3. The van der Waals surface area contributed by atoms with Gasteiger partial charge in [-0.2, -0.15) is 0 Å². The van der Waals surface area contributed by atoms with E-state index in [2.05, 4.69) is 0 Å². The lowest BCUT2D eigenvalue weighted by Gasteiger charge is -2.32. The fourth-order valence-corrected chi connectivity index (χ4v) is 4.86. The summed E-state index contributed by atoms with van der Waals surface area (Å²) in [5.74, 6) is 0.486. The molecule has 0 spiro atoms. The van der Waals surface area contributed by atoms with Crippen molar-refractivity contribution >= 4 is 9.84 Å². The molecule has 4 heteroatoms. The third kappa shape index (κ3) is 1.97. The van der Waals surface area contributed by atoms with Crippen molar-refractivity contribution in [2.75, 3.05) is 11.5 Å². The molecule has 1 unspecified atom stereocenters. The molecule has 1 heterocycles. The third-order valence-electron chi connectivity index (χ3n) is 4.29. The Balaban J connectivity index is 2.01. The highest BCUT2D eigenvalue weighted by Gasteiger charge is 2.43. The zero-order valence-electron chi connectivity index (χ0n) is 10.3. The first kappa shape index (κ1) is 12.2. The summed E-state index contributed by atoms with van der Waals surface area (Å²) in [6, 6.07) is 7.81. The van der Waals surface area contributed by atoms with Crippen LogP contribution in [0.3, 0.4) is 0 Å². The Bertz CT molecular complexity index is 560. The quantitative estimate of drug-likeness (QED) is 0.890. The number of sulfone groups is 1. The molecule has 1 aromatic rings. The second kappa shape index (κ2) is 4.07. The molecule has 3 rings (SSSR count). The highest BCUT2D eigenvalue weighted by molar-refractivity contribution is 7.91. The summed E-state index contributed by atoms with van der Waals surface area (Å²) in [5.41, 5.74) is 0.838. The van der Waals surface area contributed by atoms with Crippen molar-refractivity contribution in [1.82, 2.24) is 0 Å². The predicted octanol–water partition coefficient (Wildman–Crippen LogP) is 1.96. The molecular weight excluding hydrogens is 248 g/mol. The molecule has 1 aliphatic heterocycles. The molecule has 1 saturated heterocycles. The predicted molar refractivity (Wildman–Crippen MR) is 70.2 cm³/mol. The molecule has 1 aliphatic carbocycles. The van der Waals surface area contributed by atoms with Crippen LogP contribution in [-0.2, 0) is 15.4 Å². The van der Waals surface area contributed by atoms with Crippen LogP contribution >= 0.6 is 0 Å². The zero-order valence-corrected chi connectivity index (χ0v) is 11.1. The highest BCUT2D eigenvalue weighted by atomic mass is 32.2. The van der Waals surface area contributed by atoms with Crippen LogP contribution in [0.4, 0.5) is 0 Å². The maximum absolute atomic E-state index is 11.6. The van der Waals surface area contributed by atoms with Gasteiger partial charge in [-0.1, -0.05) is 30.7 Å². The molecule has 1 atom stereocenters. The van der Waals surface area contributed by atoms with Crippen molar-refractivity contribution in [3.8, 4) is 0 Å². The summed E-state index contributed by atoms with van der Waals surface area (Å²) in [7, 11) is -3.08. The molecule has 2 fully saturated rings. The van der Waals surface area contributed by atoms with Crippen molar-refractivity contribution < 1.29 is 13.5 Å². The van der Waals surface area contributed by atoms with Crippen LogP contribution < -0.4 is 0 Å². The monoisotopic (exact) mass is 266 g/mol. The van der Waals surface area contributed by atoms with Crippen molar-refractivity contribution in [1.29, 1.82) is 0 Å². The van der Waals surface area contributed by atoms with Crippen molar-refractivity contribution in [3.05, 3.63) is 35.4 Å². The van der Waals surface area contributed by atoms with E-state index in [9.17, 15) is 13.5 Å². The molecule has 1 N–H and O–H groups in total. The van der Waals surface area contributed by atoms with Crippen LogP contribution in [0, 0.1) is 0 Å². The lowest BCUT2D eigenvalue weighted by Crippen LogP contribution is -2.29. The van der Waals surface area contributed by atoms with Gasteiger partial charge in [0.2, 0.25) is 0 Å². The number of benzene rings is 1. The minimum absolute atomic E-state index is 0.0997. The molecule has 1 saturated carbocycles. The van der Waals surface area contributed by atoms with Gasteiger partial charge in [-0.3, -0.25) is 0 Å². The normalized spacial score (nSPS) is 31.2. The van der Waals surface area contributed by atoms with Gasteiger partial charge in [0.15, 0.2) is 9.84 Å². The molecule has 0 bridgehead atoms. The van der Waals surface area contributed by atoms with Gasteiger partial charge in [-0.05, 0) is 36.3 Å². The van der Waals surface area contributed by atoms with Gasteiger partial charge < -0.3 is 5.11 Å². The van der Waals surface area contributed by atoms with Crippen LogP contribution in [0.15, 0.2) is 24.3 Å². The van der Waals surface area contributed by atoms with Crippen molar-refractivity contribution in [2.45, 2.75) is 37.2 Å². The fraction of sp³-hybridized carbons (Fsp3) is 0.571. The van der Waals surface area contributed by atoms with E-state index >= 15 is 0 Å². The van der Waals surface area contributed by atoms with Gasteiger partial charge in [0.05, 0.1) is 11.5 Å². The maximum atomic E-state index is 11.6. The summed E-state index contributed by atoms with van der Waals surface area (Å²) >= 11 is 0. The summed E-state index contributed by atoms with van der Waals surface area (Å²) in [6.07, 6.45) is 3.87. The van der Waals surface area contributed by atoms with Crippen LogP contribution in [-0.4, -0.2) is 25.0 Å². The van der Waals surface area contributed by atoms with E-state index in [0.717, 1.165) is 24.0 Å². The Kier molecular flexibility index (Phi) is 2.75. The molecule has 0 radical (unpaired) electrons. The van der Waals surface area contributed by atoms with Crippen LogP contribution in [0.25, 0.3) is 0 Å². The van der Waals surface area contributed by atoms with E-state index in [1.165, 1.54) is 6.42 Å². The molecule has 98 valence electrons. The Morgan fingerprint density at radius 2 is 1.94 bits per heavy atom. The molecule has 0 aromatic heterocycles. The SMILES string of the molecule is O=S1(=O)CCC(O)(c2ccccc2C2CCC2)C1. The Labute approximate surface area is 108 Å².